The van der Waals surface area contributed by atoms with Crippen molar-refractivity contribution in [2.24, 2.45) is 0 Å². The van der Waals surface area contributed by atoms with Crippen LogP contribution in [0.15, 0.2) is 24.3 Å². The Morgan fingerprint density at radius 2 is 2.19 bits per heavy atom. The summed E-state index contributed by atoms with van der Waals surface area (Å²) in [6.45, 7) is 1.82. The van der Waals surface area contributed by atoms with Gasteiger partial charge in [0.25, 0.3) is 5.69 Å². The third-order valence-corrected chi connectivity index (χ3v) is 1.98. The number of benzene rings is 1. The zero-order valence-electron chi connectivity index (χ0n) is 8.97. The number of hydrogen-bond donors (Lipinski definition) is 0. The number of ether oxygens (including phenoxy) is 1. The molecule has 0 aliphatic carbocycles. The maximum absolute atomic E-state index is 10.9. The number of methoxy groups -OCH3 is 1. The minimum atomic E-state index is -0.546. The highest BCUT2D eigenvalue weighted by molar-refractivity contribution is 5.87. The van der Waals surface area contributed by atoms with Gasteiger partial charge in [0.15, 0.2) is 0 Å². The lowest BCUT2D eigenvalue weighted by Gasteiger charge is -1.99. The molecule has 5 nitrogen and oxygen atoms in total. The summed E-state index contributed by atoms with van der Waals surface area (Å²) in [7, 11) is 1.25. The summed E-state index contributed by atoms with van der Waals surface area (Å²) in [6, 6.07) is 4.69. The van der Waals surface area contributed by atoms with Gasteiger partial charge in [0.05, 0.1) is 17.6 Å². The zero-order chi connectivity index (χ0) is 12.1. The summed E-state index contributed by atoms with van der Waals surface area (Å²) < 4.78 is 4.41. The average molecular weight is 221 g/mol. The second-order valence-electron chi connectivity index (χ2n) is 3.18. The molecule has 5 heteroatoms. The summed E-state index contributed by atoms with van der Waals surface area (Å²) in [4.78, 5) is 21.1. The van der Waals surface area contributed by atoms with Gasteiger partial charge in [0.2, 0.25) is 0 Å². The van der Waals surface area contributed by atoms with Crippen LogP contribution in [0.4, 0.5) is 5.69 Å². The molecule has 1 aromatic rings. The van der Waals surface area contributed by atoms with E-state index in [4.69, 9.17) is 0 Å². The predicted octanol–water partition coefficient (Wildman–Crippen LogP) is 2.09. The smallest absolute Gasteiger partial charge is 0.330 e. The normalized spacial score (nSPS) is 10.4. The number of carbonyl (C=O) groups is 1. The van der Waals surface area contributed by atoms with Crippen LogP contribution < -0.4 is 0 Å². The Kier molecular flexibility index (Phi) is 3.77. The molecule has 0 aromatic heterocycles. The van der Waals surface area contributed by atoms with E-state index in [1.54, 1.807) is 12.1 Å². The first kappa shape index (κ1) is 11.9. The molecule has 0 amide bonds. The van der Waals surface area contributed by atoms with Crippen LogP contribution >= 0.6 is 0 Å². The molecule has 0 unspecified atom stereocenters. The molecule has 0 bridgehead atoms. The number of nitro benzene ring substituents is 1. The van der Waals surface area contributed by atoms with Crippen molar-refractivity contribution < 1.29 is 14.5 Å². The van der Waals surface area contributed by atoms with E-state index in [0.29, 0.717) is 5.56 Å². The van der Waals surface area contributed by atoms with E-state index in [0.717, 1.165) is 11.6 Å². The standard InChI is InChI=1S/C11H11NO4/c1-8-3-5-10(12(14)15)9(7-8)4-6-11(13)16-2/h3-7H,1-2H3/b6-4+. The summed E-state index contributed by atoms with van der Waals surface area (Å²) in [6.07, 6.45) is 2.53. The van der Waals surface area contributed by atoms with Crippen LogP contribution in [-0.2, 0) is 9.53 Å². The molecule has 0 atom stereocenters. The van der Waals surface area contributed by atoms with Crippen molar-refractivity contribution in [2.75, 3.05) is 7.11 Å². The fourth-order valence-corrected chi connectivity index (χ4v) is 1.20. The molecule has 0 aliphatic heterocycles. The molecule has 16 heavy (non-hydrogen) atoms. The molecule has 0 aliphatic rings. The number of hydrogen-bond acceptors (Lipinski definition) is 4. The molecule has 0 N–H and O–H groups in total. The first-order valence-electron chi connectivity index (χ1n) is 4.55. The van der Waals surface area contributed by atoms with Gasteiger partial charge in [-0.15, -0.1) is 0 Å². The number of rotatable bonds is 3. The van der Waals surface area contributed by atoms with E-state index in [9.17, 15) is 14.9 Å². The second-order valence-corrected chi connectivity index (χ2v) is 3.18. The van der Waals surface area contributed by atoms with Gasteiger partial charge in [0, 0.05) is 12.1 Å². The van der Waals surface area contributed by atoms with Crippen LogP contribution in [-0.4, -0.2) is 18.0 Å². The highest BCUT2D eigenvalue weighted by Crippen LogP contribution is 2.21. The molecule has 0 spiro atoms. The van der Waals surface area contributed by atoms with Crippen molar-refractivity contribution in [2.45, 2.75) is 6.92 Å². The maximum Gasteiger partial charge on any atom is 0.330 e. The topological polar surface area (TPSA) is 69.4 Å². The third kappa shape index (κ3) is 2.91. The monoisotopic (exact) mass is 221 g/mol. The van der Waals surface area contributed by atoms with E-state index < -0.39 is 10.9 Å². The van der Waals surface area contributed by atoms with Gasteiger partial charge in [-0.3, -0.25) is 10.1 Å². The molecule has 1 aromatic carbocycles. The van der Waals surface area contributed by atoms with Crippen LogP contribution in [0, 0.1) is 17.0 Å². The van der Waals surface area contributed by atoms with E-state index >= 15 is 0 Å². The molecule has 0 radical (unpaired) electrons. The van der Waals surface area contributed by atoms with Crippen LogP contribution in [0.25, 0.3) is 6.08 Å². The predicted molar refractivity (Wildman–Crippen MR) is 58.9 cm³/mol. The van der Waals surface area contributed by atoms with Gasteiger partial charge in [0.1, 0.15) is 0 Å². The Morgan fingerprint density at radius 3 is 2.75 bits per heavy atom. The van der Waals surface area contributed by atoms with E-state index in [1.807, 2.05) is 6.92 Å². The molecule has 0 saturated heterocycles. The van der Waals surface area contributed by atoms with Crippen molar-refractivity contribution in [1.82, 2.24) is 0 Å². The number of nitro groups is 1. The van der Waals surface area contributed by atoms with Crippen molar-refractivity contribution >= 4 is 17.7 Å². The van der Waals surface area contributed by atoms with Crippen LogP contribution in [0.5, 0.6) is 0 Å². The van der Waals surface area contributed by atoms with Crippen molar-refractivity contribution in [3.63, 3.8) is 0 Å². The minimum Gasteiger partial charge on any atom is -0.466 e. The molecular formula is C11H11NO4. The van der Waals surface area contributed by atoms with Gasteiger partial charge < -0.3 is 4.74 Å². The average Bonchev–Trinajstić information content (AvgIpc) is 2.25. The molecule has 1 rings (SSSR count). The summed E-state index contributed by atoms with van der Waals surface area (Å²) >= 11 is 0. The Labute approximate surface area is 92.5 Å². The lowest BCUT2D eigenvalue weighted by molar-refractivity contribution is -0.385. The molecular weight excluding hydrogens is 210 g/mol. The SMILES string of the molecule is COC(=O)/C=C/c1cc(C)ccc1[N+](=O)[O-]. The third-order valence-electron chi connectivity index (χ3n) is 1.98. The number of carbonyl (C=O) groups excluding carboxylic acids is 1. The molecule has 84 valence electrons. The highest BCUT2D eigenvalue weighted by Gasteiger charge is 2.10. The Hall–Kier alpha value is -2.17. The Bertz CT molecular complexity index is 451. The zero-order valence-corrected chi connectivity index (χ0v) is 8.97. The second kappa shape index (κ2) is 5.06. The van der Waals surface area contributed by atoms with E-state index in [1.165, 1.54) is 19.3 Å². The lowest BCUT2D eigenvalue weighted by atomic mass is 10.1. The largest absolute Gasteiger partial charge is 0.466 e. The summed E-state index contributed by atoms with van der Waals surface area (Å²) in [5.74, 6) is -0.546. The van der Waals surface area contributed by atoms with Gasteiger partial charge in [-0.2, -0.15) is 0 Å². The lowest BCUT2D eigenvalue weighted by Crippen LogP contribution is -1.95. The minimum absolute atomic E-state index is 0.0363. The van der Waals surface area contributed by atoms with Crippen molar-refractivity contribution in [3.05, 3.63) is 45.5 Å². The van der Waals surface area contributed by atoms with E-state index in [-0.39, 0.29) is 5.69 Å². The van der Waals surface area contributed by atoms with Crippen molar-refractivity contribution in [3.8, 4) is 0 Å². The number of esters is 1. The number of aryl methyl sites for hydroxylation is 1. The van der Waals surface area contributed by atoms with Gasteiger partial charge in [-0.25, -0.2) is 4.79 Å². The molecule has 0 heterocycles. The molecule has 0 saturated carbocycles. The van der Waals surface area contributed by atoms with Gasteiger partial charge in [-0.1, -0.05) is 11.6 Å². The first-order chi connectivity index (χ1) is 7.54. The molecule has 0 fully saturated rings. The van der Waals surface area contributed by atoms with Gasteiger partial charge in [-0.05, 0) is 19.1 Å². The van der Waals surface area contributed by atoms with Crippen LogP contribution in [0.3, 0.4) is 0 Å². The summed E-state index contributed by atoms with van der Waals surface area (Å²) in [5.41, 5.74) is 1.23. The first-order valence-corrected chi connectivity index (χ1v) is 4.55. The number of nitrogens with zero attached hydrogens (tertiary/aromatic N) is 1. The maximum atomic E-state index is 10.9. The van der Waals surface area contributed by atoms with Gasteiger partial charge >= 0.3 is 5.97 Å². The fourth-order valence-electron chi connectivity index (χ4n) is 1.20. The Morgan fingerprint density at radius 1 is 1.50 bits per heavy atom. The van der Waals surface area contributed by atoms with Crippen LogP contribution in [0.2, 0.25) is 0 Å². The Balaban J connectivity index is 3.10. The van der Waals surface area contributed by atoms with Crippen LogP contribution in [0.1, 0.15) is 11.1 Å². The fraction of sp³-hybridized carbons (Fsp3) is 0.182. The highest BCUT2D eigenvalue weighted by atomic mass is 16.6. The van der Waals surface area contributed by atoms with E-state index in [2.05, 4.69) is 4.74 Å². The summed E-state index contributed by atoms with van der Waals surface area (Å²) in [5, 5.41) is 10.7. The quantitative estimate of drug-likeness (QED) is 0.339. The van der Waals surface area contributed by atoms with Crippen molar-refractivity contribution in [1.29, 1.82) is 0 Å².